The normalized spacial score (nSPS) is 18.0. The Kier molecular flexibility index (Phi) is 6.67. The molecular weight excluding hydrogens is 300 g/mol. The maximum atomic E-state index is 12.8. The van der Waals surface area contributed by atoms with Gasteiger partial charge in [0, 0.05) is 19.5 Å². The lowest BCUT2D eigenvalue weighted by molar-refractivity contribution is -0.134. The Labute approximate surface area is 146 Å². The van der Waals surface area contributed by atoms with Gasteiger partial charge in [0.15, 0.2) is 0 Å². The lowest BCUT2D eigenvalue weighted by Gasteiger charge is -2.37. The van der Waals surface area contributed by atoms with Crippen LogP contribution in [0.5, 0.6) is 5.75 Å². The minimum atomic E-state index is 0.0216. The molecule has 4 nitrogen and oxygen atoms in total. The minimum Gasteiger partial charge on any atom is -0.496 e. The van der Waals surface area contributed by atoms with Crippen molar-refractivity contribution in [1.82, 2.24) is 4.90 Å². The van der Waals surface area contributed by atoms with E-state index in [0.29, 0.717) is 13.0 Å². The number of ether oxygens (including phenoxy) is 1. The molecule has 1 amide bonds. The summed E-state index contributed by atoms with van der Waals surface area (Å²) in [5, 5.41) is 0. The third-order valence-electron chi connectivity index (χ3n) is 5.64. The van der Waals surface area contributed by atoms with Crippen LogP contribution in [0.25, 0.3) is 0 Å². The van der Waals surface area contributed by atoms with E-state index >= 15 is 0 Å². The number of nitrogens with two attached hydrogens (primary N) is 1. The van der Waals surface area contributed by atoms with Crippen LogP contribution >= 0.6 is 0 Å². The number of methoxy groups -OCH3 is 1. The molecule has 4 heteroatoms. The molecule has 0 spiro atoms. The van der Waals surface area contributed by atoms with E-state index in [2.05, 4.69) is 13.0 Å². The Bertz CT molecular complexity index is 538. The van der Waals surface area contributed by atoms with Crippen molar-refractivity contribution in [3.63, 3.8) is 0 Å². The predicted octanol–water partition coefficient (Wildman–Crippen LogP) is 3.38. The molecule has 0 saturated heterocycles. The molecule has 24 heavy (non-hydrogen) atoms. The number of rotatable bonds is 7. The second-order valence-electron chi connectivity index (χ2n) is 7.31. The van der Waals surface area contributed by atoms with E-state index in [0.717, 1.165) is 30.6 Å². The van der Waals surface area contributed by atoms with Gasteiger partial charge in [0.1, 0.15) is 5.75 Å². The molecule has 1 aromatic rings. The van der Waals surface area contributed by atoms with Crippen LogP contribution in [-0.4, -0.2) is 37.6 Å². The average molecular weight is 332 g/mol. The third-order valence-corrected chi connectivity index (χ3v) is 5.64. The van der Waals surface area contributed by atoms with Crippen LogP contribution in [0.2, 0.25) is 0 Å². The van der Waals surface area contributed by atoms with E-state index in [9.17, 15) is 4.79 Å². The molecule has 0 aromatic heterocycles. The lowest BCUT2D eigenvalue weighted by Crippen LogP contribution is -2.42. The molecule has 0 heterocycles. The number of likely N-dealkylation sites (N-methyl/N-ethyl adjacent to an activating group) is 1. The number of para-hydroxylation sites is 1. The molecular formula is C20H32N2O2. The average Bonchev–Trinajstić information content (AvgIpc) is 2.62. The zero-order valence-electron chi connectivity index (χ0n) is 15.4. The Morgan fingerprint density at radius 1 is 1.29 bits per heavy atom. The predicted molar refractivity (Wildman–Crippen MR) is 98.1 cm³/mol. The van der Waals surface area contributed by atoms with Crippen LogP contribution in [-0.2, 0) is 11.2 Å². The summed E-state index contributed by atoms with van der Waals surface area (Å²) >= 11 is 0. The van der Waals surface area contributed by atoms with E-state index in [1.54, 1.807) is 7.11 Å². The maximum absolute atomic E-state index is 12.8. The molecule has 1 fully saturated rings. The Morgan fingerprint density at radius 3 is 2.58 bits per heavy atom. The summed E-state index contributed by atoms with van der Waals surface area (Å²) in [6.07, 6.45) is 7.22. The van der Waals surface area contributed by atoms with Crippen LogP contribution in [0.3, 0.4) is 0 Å². The molecule has 0 aliphatic heterocycles. The zero-order valence-corrected chi connectivity index (χ0v) is 15.4. The number of hydrogen-bond acceptors (Lipinski definition) is 3. The van der Waals surface area contributed by atoms with Gasteiger partial charge in [0.2, 0.25) is 5.91 Å². The number of carbonyl (C=O) groups is 1. The second-order valence-corrected chi connectivity index (χ2v) is 7.31. The van der Waals surface area contributed by atoms with Crippen LogP contribution in [0, 0.1) is 5.41 Å². The summed E-state index contributed by atoms with van der Waals surface area (Å²) in [6.45, 7) is 2.72. The molecule has 1 atom stereocenters. The SMILES string of the molecule is COc1ccccc1CC(C)N(C)C(=O)CC1(CN)CCCCC1. The van der Waals surface area contributed by atoms with Gasteiger partial charge in [0.05, 0.1) is 7.11 Å². The van der Waals surface area contributed by atoms with Gasteiger partial charge in [-0.15, -0.1) is 0 Å². The molecule has 1 aliphatic carbocycles. The largest absolute Gasteiger partial charge is 0.496 e. The van der Waals surface area contributed by atoms with E-state index in [4.69, 9.17) is 10.5 Å². The number of amides is 1. The van der Waals surface area contributed by atoms with Crippen molar-refractivity contribution in [1.29, 1.82) is 0 Å². The smallest absolute Gasteiger partial charge is 0.223 e. The van der Waals surface area contributed by atoms with Gasteiger partial charge < -0.3 is 15.4 Å². The Morgan fingerprint density at radius 2 is 1.96 bits per heavy atom. The van der Waals surface area contributed by atoms with Crippen molar-refractivity contribution in [3.05, 3.63) is 29.8 Å². The van der Waals surface area contributed by atoms with Gasteiger partial charge in [-0.3, -0.25) is 4.79 Å². The first-order valence-corrected chi connectivity index (χ1v) is 9.09. The molecule has 0 bridgehead atoms. The maximum Gasteiger partial charge on any atom is 0.223 e. The van der Waals surface area contributed by atoms with Crippen LogP contribution in [0.15, 0.2) is 24.3 Å². The summed E-state index contributed by atoms with van der Waals surface area (Å²) in [6, 6.07) is 8.14. The molecule has 0 radical (unpaired) electrons. The first-order chi connectivity index (χ1) is 11.5. The van der Waals surface area contributed by atoms with Crippen molar-refractivity contribution in [3.8, 4) is 5.75 Å². The van der Waals surface area contributed by atoms with Crippen molar-refractivity contribution >= 4 is 5.91 Å². The molecule has 2 rings (SSSR count). The number of nitrogens with zero attached hydrogens (tertiary/aromatic N) is 1. The summed E-state index contributed by atoms with van der Waals surface area (Å²) in [7, 11) is 3.60. The van der Waals surface area contributed by atoms with Gasteiger partial charge in [-0.1, -0.05) is 37.5 Å². The van der Waals surface area contributed by atoms with Gasteiger partial charge in [-0.25, -0.2) is 0 Å². The molecule has 1 aromatic carbocycles. The van der Waals surface area contributed by atoms with Gasteiger partial charge in [-0.05, 0) is 49.8 Å². The van der Waals surface area contributed by atoms with Gasteiger partial charge >= 0.3 is 0 Å². The van der Waals surface area contributed by atoms with E-state index in [1.807, 2.05) is 30.1 Å². The lowest BCUT2D eigenvalue weighted by atomic mass is 9.71. The monoisotopic (exact) mass is 332 g/mol. The summed E-state index contributed by atoms with van der Waals surface area (Å²) in [5.74, 6) is 1.10. The summed E-state index contributed by atoms with van der Waals surface area (Å²) < 4.78 is 5.42. The number of benzene rings is 1. The molecule has 1 aliphatic rings. The quantitative estimate of drug-likeness (QED) is 0.833. The molecule has 134 valence electrons. The van der Waals surface area contributed by atoms with Crippen LogP contribution < -0.4 is 10.5 Å². The Hall–Kier alpha value is -1.55. The molecule has 1 saturated carbocycles. The highest BCUT2D eigenvalue weighted by atomic mass is 16.5. The van der Waals surface area contributed by atoms with Gasteiger partial charge in [-0.2, -0.15) is 0 Å². The van der Waals surface area contributed by atoms with Crippen molar-refractivity contribution in [2.75, 3.05) is 20.7 Å². The van der Waals surface area contributed by atoms with Crippen LogP contribution in [0.4, 0.5) is 0 Å². The van der Waals surface area contributed by atoms with Crippen LogP contribution in [0.1, 0.15) is 51.0 Å². The van der Waals surface area contributed by atoms with Crippen molar-refractivity contribution in [2.24, 2.45) is 11.1 Å². The second kappa shape index (κ2) is 8.52. The highest BCUT2D eigenvalue weighted by Crippen LogP contribution is 2.38. The molecule has 2 N–H and O–H groups in total. The standard InChI is InChI=1S/C20H32N2O2/c1-16(13-17-9-5-6-10-18(17)24-3)22(2)19(23)14-20(15-21)11-7-4-8-12-20/h5-6,9-10,16H,4,7-8,11-15,21H2,1-3H3. The minimum absolute atomic E-state index is 0.0216. The molecule has 1 unspecified atom stereocenters. The first kappa shape index (κ1) is 18.8. The van der Waals surface area contributed by atoms with E-state index in [-0.39, 0.29) is 17.4 Å². The highest BCUT2D eigenvalue weighted by molar-refractivity contribution is 5.77. The first-order valence-electron chi connectivity index (χ1n) is 9.09. The van der Waals surface area contributed by atoms with Gasteiger partial charge in [0.25, 0.3) is 0 Å². The van der Waals surface area contributed by atoms with E-state index in [1.165, 1.54) is 19.3 Å². The number of carbonyl (C=O) groups excluding carboxylic acids is 1. The number of hydrogen-bond donors (Lipinski definition) is 1. The third kappa shape index (κ3) is 4.50. The van der Waals surface area contributed by atoms with E-state index < -0.39 is 0 Å². The highest BCUT2D eigenvalue weighted by Gasteiger charge is 2.34. The summed E-state index contributed by atoms with van der Waals surface area (Å²) in [4.78, 5) is 14.7. The fourth-order valence-electron chi connectivity index (χ4n) is 3.77. The fraction of sp³-hybridized carbons (Fsp3) is 0.650. The van der Waals surface area contributed by atoms with Crippen molar-refractivity contribution < 1.29 is 9.53 Å². The topological polar surface area (TPSA) is 55.6 Å². The van der Waals surface area contributed by atoms with Crippen molar-refractivity contribution in [2.45, 2.75) is 57.9 Å². The zero-order chi connectivity index (χ0) is 17.6. The summed E-state index contributed by atoms with van der Waals surface area (Å²) in [5.41, 5.74) is 7.20. The fourth-order valence-corrected chi connectivity index (χ4v) is 3.77. The Balaban J connectivity index is 1.98.